The molecule has 0 spiro atoms. The second-order valence-corrected chi connectivity index (χ2v) is 4.26. The molecule has 1 aromatic heterocycles. The van der Waals surface area contributed by atoms with Gasteiger partial charge in [0, 0.05) is 24.7 Å². The fraction of sp³-hybridized carbons (Fsp3) is 0.200. The molecule has 0 bridgehead atoms. The number of benzene rings is 1. The minimum Gasteiger partial charge on any atom is -0.396 e. The summed E-state index contributed by atoms with van der Waals surface area (Å²) in [4.78, 5) is 15.8. The van der Waals surface area contributed by atoms with Gasteiger partial charge in [-0.1, -0.05) is 18.2 Å². The molecule has 0 saturated carbocycles. The Bertz CT molecular complexity index is 524. The topological polar surface area (TPSA) is 62.2 Å². The van der Waals surface area contributed by atoms with Crippen molar-refractivity contribution in [2.75, 3.05) is 11.9 Å². The van der Waals surface area contributed by atoms with E-state index >= 15 is 0 Å². The van der Waals surface area contributed by atoms with Gasteiger partial charge in [0.25, 0.3) is 0 Å². The average Bonchev–Trinajstić information content (AvgIpc) is 2.42. The number of nitrogens with zero attached hydrogens (tertiary/aromatic N) is 1. The summed E-state index contributed by atoms with van der Waals surface area (Å²) in [6.45, 7) is 0.132. The van der Waals surface area contributed by atoms with Crippen LogP contribution < -0.4 is 5.32 Å². The first-order chi connectivity index (χ1) is 9.28. The molecule has 98 valence electrons. The van der Waals surface area contributed by atoms with E-state index in [0.29, 0.717) is 12.8 Å². The first kappa shape index (κ1) is 13.2. The molecule has 2 N–H and O–H groups in total. The standard InChI is InChI=1S/C15H16N2O2/c18-9-7-12-3-5-14(6-4-12)17-15(19)10-13-2-1-8-16-11-13/h1-6,8,11,18H,7,9-10H2,(H,17,19). The first-order valence-electron chi connectivity index (χ1n) is 6.16. The number of anilines is 1. The van der Waals surface area contributed by atoms with Crippen LogP contribution in [-0.4, -0.2) is 22.6 Å². The molecule has 0 unspecified atom stereocenters. The summed E-state index contributed by atoms with van der Waals surface area (Å²) >= 11 is 0. The molecule has 19 heavy (non-hydrogen) atoms. The smallest absolute Gasteiger partial charge is 0.228 e. The largest absolute Gasteiger partial charge is 0.396 e. The van der Waals surface area contributed by atoms with Crippen LogP contribution in [0, 0.1) is 0 Å². The van der Waals surface area contributed by atoms with Crippen LogP contribution >= 0.6 is 0 Å². The summed E-state index contributed by atoms with van der Waals surface area (Å²) in [6, 6.07) is 11.2. The monoisotopic (exact) mass is 256 g/mol. The molecule has 0 aliphatic carbocycles. The fourth-order valence-electron chi connectivity index (χ4n) is 1.78. The molecular weight excluding hydrogens is 240 g/mol. The maximum absolute atomic E-state index is 11.8. The van der Waals surface area contributed by atoms with Crippen molar-refractivity contribution in [2.45, 2.75) is 12.8 Å². The summed E-state index contributed by atoms with van der Waals surface area (Å²) in [7, 11) is 0. The number of nitrogens with one attached hydrogen (secondary N) is 1. The van der Waals surface area contributed by atoms with E-state index in [2.05, 4.69) is 10.3 Å². The van der Waals surface area contributed by atoms with Crippen molar-refractivity contribution in [1.29, 1.82) is 0 Å². The van der Waals surface area contributed by atoms with Crippen molar-refractivity contribution in [2.24, 2.45) is 0 Å². The predicted molar refractivity (Wildman–Crippen MR) is 73.8 cm³/mol. The number of amides is 1. The van der Waals surface area contributed by atoms with Crippen molar-refractivity contribution < 1.29 is 9.90 Å². The highest BCUT2D eigenvalue weighted by Gasteiger charge is 2.04. The van der Waals surface area contributed by atoms with Crippen molar-refractivity contribution in [3.05, 3.63) is 59.9 Å². The molecule has 4 nitrogen and oxygen atoms in total. The van der Waals surface area contributed by atoms with Gasteiger partial charge in [-0.15, -0.1) is 0 Å². The van der Waals surface area contributed by atoms with Crippen molar-refractivity contribution in [3.8, 4) is 0 Å². The van der Waals surface area contributed by atoms with Gasteiger partial charge in [-0.25, -0.2) is 0 Å². The Morgan fingerprint density at radius 1 is 1.16 bits per heavy atom. The molecular formula is C15H16N2O2. The summed E-state index contributed by atoms with van der Waals surface area (Å²) in [5.41, 5.74) is 2.69. The first-order valence-corrected chi connectivity index (χ1v) is 6.16. The number of carbonyl (C=O) groups is 1. The maximum Gasteiger partial charge on any atom is 0.228 e. The molecule has 0 fully saturated rings. The van der Waals surface area contributed by atoms with Gasteiger partial charge in [-0.05, 0) is 35.7 Å². The van der Waals surface area contributed by atoms with E-state index in [1.165, 1.54) is 0 Å². The third kappa shape index (κ3) is 4.19. The second kappa shape index (κ2) is 6.66. The Balaban J connectivity index is 1.91. The zero-order chi connectivity index (χ0) is 13.5. The third-order valence-corrected chi connectivity index (χ3v) is 2.73. The van der Waals surface area contributed by atoms with Crippen LogP contribution in [0.5, 0.6) is 0 Å². The van der Waals surface area contributed by atoms with Gasteiger partial charge in [0.05, 0.1) is 6.42 Å². The maximum atomic E-state index is 11.8. The lowest BCUT2D eigenvalue weighted by Gasteiger charge is -2.06. The normalized spacial score (nSPS) is 10.2. The van der Waals surface area contributed by atoms with E-state index in [-0.39, 0.29) is 12.5 Å². The quantitative estimate of drug-likeness (QED) is 0.857. The van der Waals surface area contributed by atoms with E-state index in [0.717, 1.165) is 16.8 Å². The molecule has 2 aromatic rings. The number of hydrogen-bond acceptors (Lipinski definition) is 3. The Morgan fingerprint density at radius 3 is 2.58 bits per heavy atom. The second-order valence-electron chi connectivity index (χ2n) is 4.26. The summed E-state index contributed by atoms with van der Waals surface area (Å²) in [6.07, 6.45) is 4.31. The number of pyridine rings is 1. The number of aliphatic hydroxyl groups is 1. The number of carbonyl (C=O) groups excluding carboxylic acids is 1. The van der Waals surface area contributed by atoms with Crippen molar-refractivity contribution in [1.82, 2.24) is 4.98 Å². The van der Waals surface area contributed by atoms with Gasteiger partial charge < -0.3 is 10.4 Å². The molecule has 1 heterocycles. The molecule has 1 aromatic carbocycles. The minimum atomic E-state index is -0.0668. The van der Waals surface area contributed by atoms with Gasteiger partial charge in [0.15, 0.2) is 0 Å². The predicted octanol–water partition coefficient (Wildman–Crippen LogP) is 1.80. The van der Waals surface area contributed by atoms with Crippen LogP contribution in [0.4, 0.5) is 5.69 Å². The lowest BCUT2D eigenvalue weighted by atomic mass is 10.1. The van der Waals surface area contributed by atoms with Crippen LogP contribution in [0.15, 0.2) is 48.8 Å². The van der Waals surface area contributed by atoms with Crippen LogP contribution in [0.3, 0.4) is 0 Å². The highest BCUT2D eigenvalue weighted by Crippen LogP contribution is 2.10. The van der Waals surface area contributed by atoms with Crippen LogP contribution in [-0.2, 0) is 17.6 Å². The minimum absolute atomic E-state index is 0.0668. The highest BCUT2D eigenvalue weighted by molar-refractivity contribution is 5.92. The molecule has 0 aliphatic rings. The van der Waals surface area contributed by atoms with E-state index in [1.54, 1.807) is 12.4 Å². The number of aromatic nitrogens is 1. The fourth-order valence-corrected chi connectivity index (χ4v) is 1.78. The zero-order valence-electron chi connectivity index (χ0n) is 10.5. The molecule has 1 amide bonds. The molecule has 2 rings (SSSR count). The van der Waals surface area contributed by atoms with E-state index in [1.807, 2.05) is 36.4 Å². The Labute approximate surface area is 112 Å². The van der Waals surface area contributed by atoms with Gasteiger partial charge in [0.2, 0.25) is 5.91 Å². The van der Waals surface area contributed by atoms with Crippen molar-refractivity contribution >= 4 is 11.6 Å². The molecule has 0 aliphatic heterocycles. The lowest BCUT2D eigenvalue weighted by Crippen LogP contribution is -2.14. The molecule has 0 radical (unpaired) electrons. The third-order valence-electron chi connectivity index (χ3n) is 2.73. The van der Waals surface area contributed by atoms with Gasteiger partial charge in [-0.3, -0.25) is 9.78 Å². The summed E-state index contributed by atoms with van der Waals surface area (Å²) in [5.74, 6) is -0.0668. The lowest BCUT2D eigenvalue weighted by molar-refractivity contribution is -0.115. The van der Waals surface area contributed by atoms with E-state index < -0.39 is 0 Å². The van der Waals surface area contributed by atoms with Gasteiger partial charge in [0.1, 0.15) is 0 Å². The van der Waals surface area contributed by atoms with E-state index in [9.17, 15) is 4.79 Å². The summed E-state index contributed by atoms with van der Waals surface area (Å²) < 4.78 is 0. The van der Waals surface area contributed by atoms with Crippen molar-refractivity contribution in [3.63, 3.8) is 0 Å². The number of rotatable bonds is 5. The van der Waals surface area contributed by atoms with Gasteiger partial charge in [-0.2, -0.15) is 0 Å². The van der Waals surface area contributed by atoms with E-state index in [4.69, 9.17) is 5.11 Å². The van der Waals surface area contributed by atoms with Crippen LogP contribution in [0.2, 0.25) is 0 Å². The Kier molecular flexibility index (Phi) is 4.64. The Hall–Kier alpha value is -2.20. The number of hydrogen-bond donors (Lipinski definition) is 2. The van der Waals surface area contributed by atoms with Crippen LogP contribution in [0.1, 0.15) is 11.1 Å². The SMILES string of the molecule is O=C(Cc1cccnc1)Nc1ccc(CCO)cc1. The zero-order valence-corrected chi connectivity index (χ0v) is 10.5. The summed E-state index contributed by atoms with van der Waals surface area (Å²) in [5, 5.41) is 11.7. The number of aliphatic hydroxyl groups excluding tert-OH is 1. The molecule has 0 atom stereocenters. The highest BCUT2D eigenvalue weighted by atomic mass is 16.2. The molecule has 0 saturated heterocycles. The average molecular weight is 256 g/mol. The Morgan fingerprint density at radius 2 is 1.95 bits per heavy atom. The molecule has 4 heteroatoms. The van der Waals surface area contributed by atoms with Crippen LogP contribution in [0.25, 0.3) is 0 Å². The van der Waals surface area contributed by atoms with Gasteiger partial charge >= 0.3 is 0 Å².